The number of esters is 2. The van der Waals surface area contributed by atoms with Crippen molar-refractivity contribution in [2.24, 2.45) is 35.7 Å². The summed E-state index contributed by atoms with van der Waals surface area (Å²) in [6.45, 7) is 5.98. The number of pyridine rings is 1. The van der Waals surface area contributed by atoms with Crippen LogP contribution in [0.1, 0.15) is 69.7 Å². The number of carbonyl (C=O) groups is 3. The number of aliphatic hydroxyl groups is 1. The minimum Gasteiger partial charge on any atom is -0.465 e. The fraction of sp³-hybridized carbons (Fsp3) is 0.550. The molecule has 3 N–H and O–H groups in total. The second kappa shape index (κ2) is 14.1. The second-order valence-corrected chi connectivity index (χ2v) is 15.6. The summed E-state index contributed by atoms with van der Waals surface area (Å²) in [5.74, 6) is -1.94. The van der Waals surface area contributed by atoms with Crippen LogP contribution in [-0.4, -0.2) is 82.8 Å². The van der Waals surface area contributed by atoms with Crippen LogP contribution in [-0.2, 0) is 45.4 Å². The Hall–Kier alpha value is -4.34. The number of benzene rings is 2. The van der Waals surface area contributed by atoms with E-state index in [0.29, 0.717) is 28.6 Å². The highest BCUT2D eigenvalue weighted by Crippen LogP contribution is 2.60. The number of nitrogens with zero attached hydrogens (tertiary/aromatic N) is 2. The van der Waals surface area contributed by atoms with Gasteiger partial charge in [-0.2, -0.15) is 0 Å². The average molecular weight is 745 g/mol. The molecule has 1 unspecified atom stereocenters. The Labute approximate surface area is 312 Å². The summed E-state index contributed by atoms with van der Waals surface area (Å²) >= 11 is 0. The Morgan fingerprint density at radius 2 is 1.89 bits per heavy atom. The van der Waals surface area contributed by atoms with Crippen molar-refractivity contribution in [3.8, 4) is 0 Å². The summed E-state index contributed by atoms with van der Waals surface area (Å²) in [7, 11) is 3.27. The minimum absolute atomic E-state index is 0.00622. The summed E-state index contributed by atoms with van der Waals surface area (Å²) in [5.41, 5.74) is 2.19. The molecule has 1 aliphatic carbocycles. The van der Waals surface area contributed by atoms with Crippen LogP contribution < -0.4 is 10.7 Å². The van der Waals surface area contributed by atoms with E-state index in [9.17, 15) is 19.5 Å². The van der Waals surface area contributed by atoms with Crippen LogP contribution >= 0.6 is 0 Å². The molecule has 2 aromatic heterocycles. The second-order valence-electron chi connectivity index (χ2n) is 15.6. The highest BCUT2D eigenvalue weighted by atomic mass is 17.3. The molecule has 288 valence electrons. The summed E-state index contributed by atoms with van der Waals surface area (Å²) in [6.07, 6.45) is 0.573. The molecule has 1 amide bonds. The molecule has 1 saturated carbocycles. The zero-order valence-electron chi connectivity index (χ0n) is 31.3. The van der Waals surface area contributed by atoms with Gasteiger partial charge in [0.1, 0.15) is 5.65 Å². The predicted molar refractivity (Wildman–Crippen MR) is 195 cm³/mol. The van der Waals surface area contributed by atoms with Crippen LogP contribution in [0.25, 0.3) is 32.8 Å². The molecular formula is C40H48N4O10. The first-order valence-electron chi connectivity index (χ1n) is 18.9. The third kappa shape index (κ3) is 6.17. The smallest absolute Gasteiger partial charge is 0.337 e. The molecule has 14 nitrogen and oxygen atoms in total. The lowest BCUT2D eigenvalue weighted by molar-refractivity contribution is -0.576. The number of aromatic nitrogens is 2. The van der Waals surface area contributed by atoms with Gasteiger partial charge in [-0.1, -0.05) is 32.0 Å². The number of methoxy groups -OCH3 is 1. The van der Waals surface area contributed by atoms with E-state index in [1.807, 2.05) is 55.8 Å². The number of ether oxygens (including phenoxy) is 4. The summed E-state index contributed by atoms with van der Waals surface area (Å²) in [6, 6.07) is 13.1. The van der Waals surface area contributed by atoms with Crippen LogP contribution in [0, 0.1) is 23.7 Å². The first kappa shape index (κ1) is 36.6. The Kier molecular flexibility index (Phi) is 9.54. The molecule has 2 aromatic carbocycles. The van der Waals surface area contributed by atoms with Gasteiger partial charge < -0.3 is 38.9 Å². The number of amides is 1. The topological polar surface area (TPSA) is 172 Å². The molecule has 0 radical (unpaired) electrons. The van der Waals surface area contributed by atoms with Gasteiger partial charge in [-0.3, -0.25) is 14.6 Å². The highest BCUT2D eigenvalue weighted by molar-refractivity contribution is 6.10. The molecule has 4 saturated heterocycles. The summed E-state index contributed by atoms with van der Waals surface area (Å²) in [4.78, 5) is 58.7. The zero-order valence-corrected chi connectivity index (χ0v) is 31.3. The first-order valence-corrected chi connectivity index (χ1v) is 18.9. The molecule has 14 heteroatoms. The van der Waals surface area contributed by atoms with E-state index in [1.54, 1.807) is 12.1 Å². The first-order chi connectivity index (χ1) is 25.9. The van der Waals surface area contributed by atoms with Gasteiger partial charge in [-0.05, 0) is 62.3 Å². The molecule has 6 heterocycles. The van der Waals surface area contributed by atoms with Crippen molar-refractivity contribution < 1.29 is 48.2 Å². The van der Waals surface area contributed by atoms with E-state index < -0.39 is 47.9 Å². The number of nitrogens with one attached hydrogen (secondary N) is 2. The molecule has 2 bridgehead atoms. The van der Waals surface area contributed by atoms with Crippen molar-refractivity contribution in [1.29, 1.82) is 0 Å². The van der Waals surface area contributed by atoms with Crippen molar-refractivity contribution in [2.75, 3.05) is 20.2 Å². The van der Waals surface area contributed by atoms with Gasteiger partial charge in [0, 0.05) is 54.6 Å². The Balaban J connectivity index is 0.916. The van der Waals surface area contributed by atoms with E-state index in [1.165, 1.54) is 7.11 Å². The fourth-order valence-corrected chi connectivity index (χ4v) is 9.29. The van der Waals surface area contributed by atoms with Crippen molar-refractivity contribution in [3.05, 3.63) is 53.4 Å². The third-order valence-electron chi connectivity index (χ3n) is 12.2. The fourth-order valence-electron chi connectivity index (χ4n) is 9.29. The normalized spacial score (nSPS) is 31.3. The zero-order chi connectivity index (χ0) is 37.9. The van der Waals surface area contributed by atoms with Crippen LogP contribution in [0.15, 0.2) is 47.5 Å². The number of aromatic amines is 1. The van der Waals surface area contributed by atoms with Gasteiger partial charge >= 0.3 is 11.9 Å². The molecule has 9 rings (SSSR count). The van der Waals surface area contributed by atoms with Crippen LogP contribution in [0.2, 0.25) is 0 Å². The lowest BCUT2D eigenvalue weighted by atomic mass is 9.58. The number of hydrogen-bond acceptors (Lipinski definition) is 11. The molecular weight excluding hydrogens is 696 g/mol. The number of para-hydroxylation sites is 1. The van der Waals surface area contributed by atoms with Gasteiger partial charge in [-0.25, -0.2) is 14.6 Å². The maximum Gasteiger partial charge on any atom is 0.337 e. The number of rotatable bonds is 9. The minimum atomic E-state index is -1.03. The SMILES string of the molecule is COC(=O)c1ccc2c(c1)c(=NCC(O)CNC(=O)CCC(=O)O[C@H]1O[C@@H]3O[C@@]4(C)CC[C@H]5[C@H](C)CC[C@@H]([C@H]1C)[C@@]35OO4)c1c3ccccc3[nH]c1n2C. The standard InChI is InChI=1S/C40H48N4O10/c1-21-10-12-28-22(2)37(51-38-40(28)27(21)16-17-39(3,52-38)53-54-40)50-32(47)15-14-31(46)41-19-24(45)20-42-34-26-18-23(36(48)49-5)11-13-30(26)44(4)35-33(34)25-8-6-7-9-29(25)43-35/h6-9,11,13,18,21-22,24,27-28,37-38,43,45H,10,12,14-17,19-20H2,1-5H3,(H,41,46)/t21-,22-,24?,27+,28+,37+,38-,39-,40-/m1/s1. The quantitative estimate of drug-likeness (QED) is 0.164. The molecule has 5 fully saturated rings. The maximum absolute atomic E-state index is 13.1. The van der Waals surface area contributed by atoms with Crippen LogP contribution in [0.4, 0.5) is 0 Å². The predicted octanol–water partition coefficient (Wildman–Crippen LogP) is 4.51. The van der Waals surface area contributed by atoms with E-state index in [4.69, 9.17) is 33.7 Å². The number of aliphatic hydroxyl groups excluding tert-OH is 1. The van der Waals surface area contributed by atoms with Crippen molar-refractivity contribution in [1.82, 2.24) is 14.9 Å². The van der Waals surface area contributed by atoms with E-state index in [0.717, 1.165) is 46.7 Å². The maximum atomic E-state index is 13.1. The molecule has 1 spiro atoms. The number of hydrogen-bond donors (Lipinski definition) is 3. The van der Waals surface area contributed by atoms with E-state index in [2.05, 4.69) is 17.2 Å². The highest BCUT2D eigenvalue weighted by Gasteiger charge is 2.69. The van der Waals surface area contributed by atoms with E-state index in [-0.39, 0.29) is 43.7 Å². The van der Waals surface area contributed by atoms with Gasteiger partial charge in [0.15, 0.2) is 11.9 Å². The molecule has 54 heavy (non-hydrogen) atoms. The Morgan fingerprint density at radius 3 is 2.70 bits per heavy atom. The number of H-pyrrole nitrogens is 1. The monoisotopic (exact) mass is 744 g/mol. The van der Waals surface area contributed by atoms with Crippen LogP contribution in [0.3, 0.4) is 0 Å². The summed E-state index contributed by atoms with van der Waals surface area (Å²) in [5, 5.41) is 16.8. The lowest BCUT2D eigenvalue weighted by Gasteiger charge is -2.59. The number of aryl methyl sites for hydroxylation is 1. The molecule has 4 aliphatic heterocycles. The summed E-state index contributed by atoms with van der Waals surface area (Å²) < 4.78 is 25.5. The van der Waals surface area contributed by atoms with Gasteiger partial charge in [0.25, 0.3) is 0 Å². The van der Waals surface area contributed by atoms with Crippen molar-refractivity contribution >= 4 is 50.7 Å². The third-order valence-corrected chi connectivity index (χ3v) is 12.2. The van der Waals surface area contributed by atoms with Gasteiger partial charge in [0.2, 0.25) is 18.0 Å². The molecule has 9 atom stereocenters. The van der Waals surface area contributed by atoms with E-state index >= 15 is 0 Å². The number of carbonyl (C=O) groups excluding carboxylic acids is 3. The van der Waals surface area contributed by atoms with Gasteiger partial charge in [-0.15, -0.1) is 0 Å². The van der Waals surface area contributed by atoms with Gasteiger partial charge in [0.05, 0.1) is 48.0 Å². The van der Waals surface area contributed by atoms with Crippen molar-refractivity contribution in [2.45, 2.75) is 89.4 Å². The van der Waals surface area contributed by atoms with Crippen LogP contribution in [0.5, 0.6) is 0 Å². The lowest BCUT2D eigenvalue weighted by Crippen LogP contribution is -2.70. The molecule has 5 aliphatic rings. The Bertz CT molecular complexity index is 2200. The average Bonchev–Trinajstić information content (AvgIpc) is 3.41. The Morgan fingerprint density at radius 1 is 1.07 bits per heavy atom. The van der Waals surface area contributed by atoms with Crippen molar-refractivity contribution in [3.63, 3.8) is 0 Å². The molecule has 4 aromatic rings. The number of fused-ring (bicyclic) bond motifs is 6. The largest absolute Gasteiger partial charge is 0.465 e.